The Morgan fingerprint density at radius 3 is 2.32 bits per heavy atom. The van der Waals surface area contributed by atoms with Gasteiger partial charge in [-0.2, -0.15) is 0 Å². The number of amides is 1. The van der Waals surface area contributed by atoms with Gasteiger partial charge >= 0.3 is 0 Å². The number of hydrogen-bond donors (Lipinski definition) is 2. The first-order valence-corrected chi connectivity index (χ1v) is 9.71. The van der Waals surface area contributed by atoms with Crippen molar-refractivity contribution in [2.24, 2.45) is 5.92 Å². The summed E-state index contributed by atoms with van der Waals surface area (Å²) in [6.45, 7) is 10.2. The fourth-order valence-electron chi connectivity index (χ4n) is 3.30. The van der Waals surface area contributed by atoms with E-state index in [1.165, 1.54) is 17.2 Å². The standard InChI is InChI=1S/C22H29N3O3/c1-6-17-8-10-18(11-9-17)21(14(2)3)23-13-20(26)24-22-16(5)15(4)7-12-19(22)25(27)28/h7-12,14,21,23H,6,13H2,1-5H3,(H,24,26)/p+1/t21-/m1/s1. The van der Waals surface area contributed by atoms with E-state index in [0.29, 0.717) is 5.92 Å². The highest BCUT2D eigenvalue weighted by molar-refractivity contribution is 5.94. The van der Waals surface area contributed by atoms with Crippen LogP contribution in [-0.2, 0) is 11.2 Å². The third-order valence-corrected chi connectivity index (χ3v) is 5.22. The molecule has 6 heteroatoms. The van der Waals surface area contributed by atoms with Crippen molar-refractivity contribution in [2.75, 3.05) is 11.9 Å². The molecular weight excluding hydrogens is 354 g/mol. The molecule has 0 aliphatic carbocycles. The number of quaternary nitrogens is 1. The van der Waals surface area contributed by atoms with Crippen LogP contribution in [0.1, 0.15) is 49.1 Å². The average molecular weight is 385 g/mol. The monoisotopic (exact) mass is 384 g/mol. The van der Waals surface area contributed by atoms with E-state index in [0.717, 1.165) is 17.5 Å². The molecule has 0 aromatic heterocycles. The average Bonchev–Trinajstić information content (AvgIpc) is 2.65. The summed E-state index contributed by atoms with van der Waals surface area (Å²) in [5, 5.41) is 16.1. The summed E-state index contributed by atoms with van der Waals surface area (Å²) in [6.07, 6.45) is 0.993. The molecule has 2 rings (SSSR count). The van der Waals surface area contributed by atoms with Crippen molar-refractivity contribution in [1.82, 2.24) is 0 Å². The maximum absolute atomic E-state index is 12.5. The minimum atomic E-state index is -0.460. The molecule has 0 saturated heterocycles. The highest BCUT2D eigenvalue weighted by Crippen LogP contribution is 2.30. The number of benzene rings is 2. The summed E-state index contributed by atoms with van der Waals surface area (Å²) < 4.78 is 0. The van der Waals surface area contributed by atoms with Gasteiger partial charge in [-0.1, -0.05) is 51.1 Å². The van der Waals surface area contributed by atoms with Crippen LogP contribution in [0.3, 0.4) is 0 Å². The molecule has 3 N–H and O–H groups in total. The molecule has 0 spiro atoms. The van der Waals surface area contributed by atoms with Gasteiger partial charge < -0.3 is 10.6 Å². The second kappa shape index (κ2) is 9.46. The summed E-state index contributed by atoms with van der Waals surface area (Å²) in [5.74, 6) is 0.1000. The van der Waals surface area contributed by atoms with Crippen LogP contribution < -0.4 is 10.6 Å². The molecule has 0 radical (unpaired) electrons. The van der Waals surface area contributed by atoms with Crippen LogP contribution in [0.4, 0.5) is 11.4 Å². The number of carbonyl (C=O) groups is 1. The van der Waals surface area contributed by atoms with Gasteiger partial charge in [0, 0.05) is 17.5 Å². The van der Waals surface area contributed by atoms with E-state index < -0.39 is 4.92 Å². The topological polar surface area (TPSA) is 88.8 Å². The largest absolute Gasteiger partial charge is 0.332 e. The first-order valence-electron chi connectivity index (χ1n) is 9.71. The molecule has 6 nitrogen and oxygen atoms in total. The minimum absolute atomic E-state index is 0.0768. The van der Waals surface area contributed by atoms with E-state index in [1.54, 1.807) is 13.0 Å². The van der Waals surface area contributed by atoms with E-state index in [1.807, 2.05) is 12.2 Å². The predicted molar refractivity (Wildman–Crippen MR) is 111 cm³/mol. The summed E-state index contributed by atoms with van der Waals surface area (Å²) in [4.78, 5) is 23.4. The molecule has 2 aromatic rings. The molecule has 0 saturated carbocycles. The third kappa shape index (κ3) is 5.16. The van der Waals surface area contributed by atoms with Crippen molar-refractivity contribution in [1.29, 1.82) is 0 Å². The SMILES string of the molecule is CCc1ccc([C@H]([NH2+]CC(=O)Nc2c([N+](=O)[O-])ccc(C)c2C)C(C)C)cc1. The molecule has 1 atom stereocenters. The van der Waals surface area contributed by atoms with Gasteiger partial charge in [0.1, 0.15) is 11.7 Å². The van der Waals surface area contributed by atoms with E-state index >= 15 is 0 Å². The Morgan fingerprint density at radius 1 is 1.14 bits per heavy atom. The lowest BCUT2D eigenvalue weighted by Crippen LogP contribution is -2.88. The van der Waals surface area contributed by atoms with Gasteiger partial charge in [0.2, 0.25) is 0 Å². The fourth-order valence-corrected chi connectivity index (χ4v) is 3.30. The zero-order valence-electron chi connectivity index (χ0n) is 17.3. The fraction of sp³-hybridized carbons (Fsp3) is 0.409. The van der Waals surface area contributed by atoms with Gasteiger partial charge in [0.05, 0.1) is 4.92 Å². The molecule has 28 heavy (non-hydrogen) atoms. The maximum Gasteiger partial charge on any atom is 0.293 e. The number of nitrogens with zero attached hydrogens (tertiary/aromatic N) is 1. The molecule has 0 aliphatic rings. The lowest BCUT2D eigenvalue weighted by Gasteiger charge is -2.20. The molecule has 150 valence electrons. The highest BCUT2D eigenvalue weighted by atomic mass is 16.6. The molecule has 0 heterocycles. The second-order valence-electron chi connectivity index (χ2n) is 7.51. The number of anilines is 1. The van der Waals surface area contributed by atoms with Crippen LogP contribution in [0, 0.1) is 29.9 Å². The summed E-state index contributed by atoms with van der Waals surface area (Å²) in [7, 11) is 0. The zero-order chi connectivity index (χ0) is 20.8. The number of rotatable bonds is 8. The summed E-state index contributed by atoms with van der Waals surface area (Å²) >= 11 is 0. The van der Waals surface area contributed by atoms with Crippen LogP contribution in [0.25, 0.3) is 0 Å². The van der Waals surface area contributed by atoms with Crippen molar-refractivity contribution in [3.63, 3.8) is 0 Å². The van der Waals surface area contributed by atoms with Crippen molar-refractivity contribution in [3.05, 3.63) is 68.8 Å². The van der Waals surface area contributed by atoms with Gasteiger partial charge in [0.25, 0.3) is 11.6 Å². The number of hydrogen-bond acceptors (Lipinski definition) is 3. The number of aryl methyl sites for hydroxylation is 2. The predicted octanol–water partition coefficient (Wildman–Crippen LogP) is 3.67. The van der Waals surface area contributed by atoms with Crippen LogP contribution in [0.5, 0.6) is 0 Å². The lowest BCUT2D eigenvalue weighted by atomic mass is 9.95. The molecule has 2 aromatic carbocycles. The number of nitrogens with two attached hydrogens (primary N) is 1. The van der Waals surface area contributed by atoms with Crippen LogP contribution in [-0.4, -0.2) is 17.4 Å². The highest BCUT2D eigenvalue weighted by Gasteiger charge is 2.23. The summed E-state index contributed by atoms with van der Waals surface area (Å²) in [5.41, 5.74) is 4.30. The van der Waals surface area contributed by atoms with Gasteiger partial charge in [-0.3, -0.25) is 14.9 Å². The van der Waals surface area contributed by atoms with Crippen LogP contribution in [0.2, 0.25) is 0 Å². The Bertz CT molecular complexity index is 845. The van der Waals surface area contributed by atoms with Gasteiger partial charge in [-0.15, -0.1) is 0 Å². The van der Waals surface area contributed by atoms with E-state index in [4.69, 9.17) is 0 Å². The number of nitro groups is 1. The third-order valence-electron chi connectivity index (χ3n) is 5.22. The molecular formula is C22H30N3O3+. The quantitative estimate of drug-likeness (QED) is 0.537. The second-order valence-corrected chi connectivity index (χ2v) is 7.51. The molecule has 0 aliphatic heterocycles. The Labute approximate surface area is 166 Å². The zero-order valence-corrected chi connectivity index (χ0v) is 17.3. The van der Waals surface area contributed by atoms with Crippen LogP contribution >= 0.6 is 0 Å². The first kappa shape index (κ1) is 21.6. The van der Waals surface area contributed by atoms with Gasteiger partial charge in [0.15, 0.2) is 6.54 Å². The molecule has 0 fully saturated rings. The van der Waals surface area contributed by atoms with Crippen molar-refractivity contribution < 1.29 is 15.0 Å². The normalized spacial score (nSPS) is 12.1. The van der Waals surface area contributed by atoms with E-state index in [9.17, 15) is 14.9 Å². The Hall–Kier alpha value is -2.73. The van der Waals surface area contributed by atoms with Crippen molar-refractivity contribution >= 4 is 17.3 Å². The first-order chi connectivity index (χ1) is 13.2. The Kier molecular flexibility index (Phi) is 7.29. The molecule has 0 bridgehead atoms. The maximum atomic E-state index is 12.5. The van der Waals surface area contributed by atoms with E-state index in [2.05, 4.69) is 50.4 Å². The molecule has 0 unspecified atom stereocenters. The van der Waals surface area contributed by atoms with E-state index in [-0.39, 0.29) is 29.9 Å². The number of nitrogens with one attached hydrogen (secondary N) is 1. The lowest BCUT2D eigenvalue weighted by molar-refractivity contribution is -0.692. The molecule has 1 amide bonds. The number of nitro benzene ring substituents is 1. The minimum Gasteiger partial charge on any atom is -0.332 e. The smallest absolute Gasteiger partial charge is 0.293 e. The van der Waals surface area contributed by atoms with Crippen LogP contribution in [0.15, 0.2) is 36.4 Å². The number of carbonyl (C=O) groups excluding carboxylic acids is 1. The Balaban J connectivity index is 2.12. The van der Waals surface area contributed by atoms with Gasteiger partial charge in [-0.05, 0) is 37.0 Å². The Morgan fingerprint density at radius 2 is 1.79 bits per heavy atom. The summed E-state index contributed by atoms with van der Waals surface area (Å²) in [6, 6.07) is 11.8. The van der Waals surface area contributed by atoms with Crippen molar-refractivity contribution in [2.45, 2.75) is 47.1 Å². The van der Waals surface area contributed by atoms with Gasteiger partial charge in [-0.25, -0.2) is 0 Å². The van der Waals surface area contributed by atoms with Crippen molar-refractivity contribution in [3.8, 4) is 0 Å².